The van der Waals surface area contributed by atoms with Gasteiger partial charge in [-0.15, -0.1) is 0 Å². The highest BCUT2D eigenvalue weighted by atomic mass is 79.9. The largest absolute Gasteiger partial charge is 0.584 e. The lowest BCUT2D eigenvalue weighted by Gasteiger charge is -2.30. The minimum atomic E-state index is -2.18. The van der Waals surface area contributed by atoms with Gasteiger partial charge in [0.1, 0.15) is 0 Å². The van der Waals surface area contributed by atoms with Gasteiger partial charge in [-0.1, -0.05) is 34.6 Å². The second kappa shape index (κ2) is 6.41. The molecule has 3 aromatic rings. The zero-order valence-electron chi connectivity index (χ0n) is 13.0. The summed E-state index contributed by atoms with van der Waals surface area (Å²) in [6, 6.07) is 12.2. The van der Waals surface area contributed by atoms with Crippen molar-refractivity contribution >= 4 is 73.3 Å². The van der Waals surface area contributed by atoms with E-state index in [1.54, 1.807) is 30.3 Å². The summed E-state index contributed by atoms with van der Waals surface area (Å²) >= 11 is 10.6. The molecule has 3 aromatic carbocycles. The molecule has 0 spiro atoms. The fourth-order valence-electron chi connectivity index (χ4n) is 2.79. The summed E-state index contributed by atoms with van der Waals surface area (Å²) < 4.78 is 3.46. The van der Waals surface area contributed by atoms with E-state index in [-0.39, 0.29) is 5.69 Å². The lowest BCUT2D eigenvalue weighted by Crippen LogP contribution is -2.48. The number of quaternary nitrogens is 1. The summed E-state index contributed by atoms with van der Waals surface area (Å²) in [5, 5.41) is 27.7. The molecule has 1 aliphatic heterocycles. The number of hydroxylamine groups is 2. The van der Waals surface area contributed by atoms with Crippen LogP contribution < -0.4 is 14.8 Å². The van der Waals surface area contributed by atoms with Crippen LogP contribution in [0.5, 0.6) is 0 Å². The smallest absolute Gasteiger partial charge is 0.459 e. The second-order valence-corrected chi connectivity index (χ2v) is 7.79. The lowest BCUT2D eigenvalue weighted by molar-refractivity contribution is 0.0163. The van der Waals surface area contributed by atoms with Gasteiger partial charge in [-0.25, -0.2) is 10.0 Å². The third kappa shape index (κ3) is 2.84. The highest BCUT2D eigenvalue weighted by molar-refractivity contribution is 9.10. The van der Waals surface area contributed by atoms with Crippen LogP contribution in [0.3, 0.4) is 0 Å². The maximum absolute atomic E-state index is 12.6. The van der Waals surface area contributed by atoms with E-state index in [4.69, 9.17) is 11.6 Å². The molecule has 0 aromatic heterocycles. The van der Waals surface area contributed by atoms with E-state index in [0.717, 1.165) is 15.7 Å². The van der Waals surface area contributed by atoms with Crippen LogP contribution >= 0.6 is 39.5 Å². The number of rotatable bonds is 2. The Balaban J connectivity index is 1.72. The summed E-state index contributed by atoms with van der Waals surface area (Å²) in [5.74, 6) is 0. The van der Waals surface area contributed by atoms with E-state index in [1.165, 1.54) is 18.0 Å². The highest BCUT2D eigenvalue weighted by Crippen LogP contribution is 2.46. The highest BCUT2D eigenvalue weighted by Gasteiger charge is 2.33. The van der Waals surface area contributed by atoms with Gasteiger partial charge in [-0.3, -0.25) is 5.32 Å². The fourth-order valence-corrected chi connectivity index (χ4v) is 4.54. The first-order chi connectivity index (χ1) is 12.4. The number of hydrogen-bond acceptors (Lipinski definition) is 5. The molecule has 3 N–H and O–H groups in total. The van der Waals surface area contributed by atoms with Crippen LogP contribution in [0, 0.1) is 5.21 Å². The van der Waals surface area contributed by atoms with Crippen LogP contribution in [-0.2, 0) is 0 Å². The van der Waals surface area contributed by atoms with Crippen molar-refractivity contribution in [3.05, 3.63) is 63.2 Å². The lowest BCUT2D eigenvalue weighted by atomic mass is 10.1. The molecule has 2 amide bonds. The molecule has 4 rings (SSSR count). The third-order valence-corrected chi connectivity index (χ3v) is 5.74. The first-order valence-electron chi connectivity index (χ1n) is 7.46. The van der Waals surface area contributed by atoms with Crippen LogP contribution in [0.4, 0.5) is 21.9 Å². The van der Waals surface area contributed by atoms with E-state index in [1.807, 2.05) is 12.1 Å². The molecule has 1 heterocycles. The zero-order chi connectivity index (χ0) is 18.5. The second-order valence-electron chi connectivity index (χ2n) is 5.65. The number of hydrogen-bond donors (Lipinski definition) is 3. The number of urea groups is 1. The number of nitrogens with zero attached hydrogens (tertiary/aromatic N) is 1. The van der Waals surface area contributed by atoms with Gasteiger partial charge < -0.3 is 9.93 Å². The Labute approximate surface area is 166 Å². The van der Waals surface area contributed by atoms with Gasteiger partial charge in [0.15, 0.2) is 5.69 Å². The minimum absolute atomic E-state index is 0.114. The van der Waals surface area contributed by atoms with Gasteiger partial charge in [-0.2, -0.15) is 0 Å². The van der Waals surface area contributed by atoms with E-state index < -0.39 is 10.8 Å². The molecular weight excluding hydrogens is 442 g/mol. The number of carbonyl (C=O) groups excluding carboxylic acids is 1. The molecule has 0 saturated carbocycles. The van der Waals surface area contributed by atoms with Gasteiger partial charge in [-0.05, 0) is 57.5 Å². The van der Waals surface area contributed by atoms with Crippen molar-refractivity contribution in [3.8, 4) is 0 Å². The Morgan fingerprint density at radius 1 is 1.27 bits per heavy atom. The van der Waals surface area contributed by atoms with Crippen LogP contribution in [0.1, 0.15) is 0 Å². The minimum Gasteiger partial charge on any atom is -0.584 e. The summed E-state index contributed by atoms with van der Waals surface area (Å²) in [5.41, 5.74) is 0.951. The average Bonchev–Trinajstić information content (AvgIpc) is 3.02. The van der Waals surface area contributed by atoms with Crippen molar-refractivity contribution in [1.29, 1.82) is 0 Å². The zero-order valence-corrected chi connectivity index (χ0v) is 16.2. The summed E-state index contributed by atoms with van der Waals surface area (Å²) in [6.45, 7) is 0. The standard InChI is InChI=1S/C17H11BrClN3O3S/c18-11-3-1-2-4-13(11)22(24,25)17(23)20-12-6-5-9-7-10(19)8-14-15(9)16(12)21-26-14/h1-8,21,24H,(H,20,23). The molecule has 0 saturated heterocycles. The van der Waals surface area contributed by atoms with Gasteiger partial charge in [0, 0.05) is 21.4 Å². The number of halogens is 2. The number of amides is 2. The first-order valence-corrected chi connectivity index (χ1v) is 9.45. The van der Waals surface area contributed by atoms with Crippen molar-refractivity contribution in [1.82, 2.24) is 4.81 Å². The predicted octanol–water partition coefficient (Wildman–Crippen LogP) is 6.11. The van der Waals surface area contributed by atoms with Gasteiger partial charge in [0.2, 0.25) is 0 Å². The molecule has 0 aliphatic carbocycles. The van der Waals surface area contributed by atoms with Gasteiger partial charge in [0.05, 0.1) is 15.8 Å². The van der Waals surface area contributed by atoms with Crippen LogP contribution in [0.25, 0.3) is 10.8 Å². The van der Waals surface area contributed by atoms with Gasteiger partial charge >= 0.3 is 6.03 Å². The molecule has 6 nitrogen and oxygen atoms in total. The Kier molecular flexibility index (Phi) is 4.34. The number of carbonyl (C=O) groups is 1. The van der Waals surface area contributed by atoms with Crippen LogP contribution in [-0.4, -0.2) is 11.2 Å². The topological polar surface area (TPSA) is 84.4 Å². The molecule has 26 heavy (non-hydrogen) atoms. The monoisotopic (exact) mass is 451 g/mol. The molecular formula is C17H11BrClN3O3S. The number of para-hydroxylation sites is 1. The fraction of sp³-hybridized carbons (Fsp3) is 0. The van der Waals surface area contributed by atoms with E-state index >= 15 is 0 Å². The Hall–Kier alpha value is -1.81. The van der Waals surface area contributed by atoms with Crippen LogP contribution in [0.15, 0.2) is 57.9 Å². The predicted molar refractivity (Wildman–Crippen MR) is 109 cm³/mol. The van der Waals surface area contributed by atoms with Crippen molar-refractivity contribution < 1.29 is 10.0 Å². The summed E-state index contributed by atoms with van der Waals surface area (Å²) in [6.07, 6.45) is 0. The third-order valence-electron chi connectivity index (χ3n) is 4.01. The van der Waals surface area contributed by atoms with Crippen molar-refractivity contribution in [3.63, 3.8) is 0 Å². The quantitative estimate of drug-likeness (QED) is 0.189. The Bertz CT molecular complexity index is 1060. The summed E-state index contributed by atoms with van der Waals surface area (Å²) in [7, 11) is 0. The molecule has 0 bridgehead atoms. The number of nitrogens with one attached hydrogen (secondary N) is 2. The number of anilines is 2. The van der Waals surface area contributed by atoms with Crippen molar-refractivity contribution in [2.75, 3.05) is 10.0 Å². The molecule has 1 atom stereocenters. The maximum Gasteiger partial charge on any atom is 0.459 e. The molecule has 1 unspecified atom stereocenters. The molecule has 1 aliphatic rings. The normalized spacial score (nSPS) is 14.8. The molecule has 132 valence electrons. The Morgan fingerprint density at radius 3 is 2.81 bits per heavy atom. The van der Waals surface area contributed by atoms with E-state index in [2.05, 4.69) is 26.0 Å². The maximum atomic E-state index is 12.6. The summed E-state index contributed by atoms with van der Waals surface area (Å²) in [4.78, 5) is 11.2. The van der Waals surface area contributed by atoms with E-state index in [0.29, 0.717) is 20.9 Å². The van der Waals surface area contributed by atoms with Crippen LogP contribution in [0.2, 0.25) is 5.02 Å². The first kappa shape index (κ1) is 17.6. The van der Waals surface area contributed by atoms with E-state index in [9.17, 15) is 15.2 Å². The molecule has 9 heteroatoms. The number of benzene rings is 3. The molecule has 0 fully saturated rings. The SMILES string of the molecule is O=C(Nc1ccc2cc(Cl)cc3c2c1NS3)[N+]([O-])(O)c1ccccc1Br. The average molecular weight is 453 g/mol. The van der Waals surface area contributed by atoms with Crippen molar-refractivity contribution in [2.24, 2.45) is 0 Å². The molecule has 0 radical (unpaired) electrons. The Morgan fingerprint density at radius 2 is 2.04 bits per heavy atom. The van der Waals surface area contributed by atoms with Gasteiger partial charge in [0.25, 0.3) is 0 Å². The van der Waals surface area contributed by atoms with Crippen molar-refractivity contribution in [2.45, 2.75) is 4.90 Å².